The Morgan fingerprint density at radius 2 is 1.81 bits per heavy atom. The lowest BCUT2D eigenvalue weighted by atomic mass is 10.0. The Morgan fingerprint density at radius 3 is 2.48 bits per heavy atom. The van der Waals surface area contributed by atoms with Gasteiger partial charge in [0.15, 0.2) is 5.78 Å². The van der Waals surface area contributed by atoms with E-state index in [4.69, 9.17) is 11.6 Å². The standard InChI is InChI=1S/C14H7BrClF3O2/c15-11-6-2-5-10(12(11)16)13(20)8-3-1-4-9(7-8)21-14(17,18)19/h1-7H. The SMILES string of the molecule is O=C(c1cccc(OC(F)(F)F)c1)c1cccc(Br)c1Cl. The van der Waals surface area contributed by atoms with Crippen LogP contribution in [0.4, 0.5) is 13.2 Å². The Bertz CT molecular complexity index is 686. The predicted molar refractivity (Wildman–Crippen MR) is 75.7 cm³/mol. The first kappa shape index (κ1) is 15.9. The van der Waals surface area contributed by atoms with Gasteiger partial charge >= 0.3 is 6.36 Å². The molecule has 0 N–H and O–H groups in total. The topological polar surface area (TPSA) is 26.3 Å². The van der Waals surface area contributed by atoms with Crippen LogP contribution in [-0.2, 0) is 0 Å². The molecule has 0 saturated heterocycles. The number of carbonyl (C=O) groups excluding carboxylic acids is 1. The molecule has 0 unspecified atom stereocenters. The van der Waals surface area contributed by atoms with Gasteiger partial charge in [0.25, 0.3) is 0 Å². The van der Waals surface area contributed by atoms with Crippen LogP contribution in [0.15, 0.2) is 46.9 Å². The zero-order valence-electron chi connectivity index (χ0n) is 10.2. The smallest absolute Gasteiger partial charge is 0.406 e. The highest BCUT2D eigenvalue weighted by molar-refractivity contribution is 9.10. The Hall–Kier alpha value is -1.53. The first-order valence-electron chi connectivity index (χ1n) is 5.62. The Balaban J connectivity index is 2.36. The monoisotopic (exact) mass is 378 g/mol. The summed E-state index contributed by atoms with van der Waals surface area (Å²) < 4.78 is 40.9. The first-order valence-corrected chi connectivity index (χ1v) is 6.79. The summed E-state index contributed by atoms with van der Waals surface area (Å²) in [5.74, 6) is -0.951. The lowest BCUT2D eigenvalue weighted by Gasteiger charge is -2.10. The van der Waals surface area contributed by atoms with Gasteiger partial charge in [0.05, 0.1) is 5.02 Å². The van der Waals surface area contributed by atoms with E-state index >= 15 is 0 Å². The van der Waals surface area contributed by atoms with E-state index in [-0.39, 0.29) is 16.1 Å². The van der Waals surface area contributed by atoms with Crippen molar-refractivity contribution in [2.45, 2.75) is 6.36 Å². The van der Waals surface area contributed by atoms with Crippen molar-refractivity contribution in [2.75, 3.05) is 0 Å². The summed E-state index contributed by atoms with van der Waals surface area (Å²) in [5.41, 5.74) is 0.243. The number of benzene rings is 2. The van der Waals surface area contributed by atoms with Gasteiger partial charge in [-0.1, -0.05) is 29.8 Å². The molecule has 0 aromatic heterocycles. The molecule has 0 fully saturated rings. The summed E-state index contributed by atoms with van der Waals surface area (Å²) in [7, 11) is 0. The molecule has 2 rings (SSSR count). The van der Waals surface area contributed by atoms with Crippen LogP contribution in [0.3, 0.4) is 0 Å². The van der Waals surface area contributed by atoms with Crippen molar-refractivity contribution in [3.05, 3.63) is 63.1 Å². The highest BCUT2D eigenvalue weighted by Gasteiger charge is 2.31. The summed E-state index contributed by atoms with van der Waals surface area (Å²) >= 11 is 9.19. The maximum Gasteiger partial charge on any atom is 0.573 e. The Kier molecular flexibility index (Phi) is 4.58. The van der Waals surface area contributed by atoms with Crippen LogP contribution < -0.4 is 4.74 Å². The average Bonchev–Trinajstić information content (AvgIpc) is 2.39. The van der Waals surface area contributed by atoms with Crippen molar-refractivity contribution in [1.29, 1.82) is 0 Å². The second-order valence-corrected chi connectivity index (χ2v) is 5.24. The lowest BCUT2D eigenvalue weighted by Crippen LogP contribution is -2.17. The zero-order chi connectivity index (χ0) is 15.6. The predicted octanol–water partition coefficient (Wildman–Crippen LogP) is 5.23. The molecule has 0 heterocycles. The summed E-state index contributed by atoms with van der Waals surface area (Å²) in [5, 5.41) is 0.199. The van der Waals surface area contributed by atoms with Crippen LogP contribution in [-0.4, -0.2) is 12.1 Å². The van der Waals surface area contributed by atoms with Gasteiger partial charge in [-0.3, -0.25) is 4.79 Å². The molecule has 7 heteroatoms. The van der Waals surface area contributed by atoms with Gasteiger partial charge in [0, 0.05) is 15.6 Å². The fourth-order valence-electron chi connectivity index (χ4n) is 1.67. The van der Waals surface area contributed by atoms with E-state index in [0.29, 0.717) is 4.47 Å². The lowest BCUT2D eigenvalue weighted by molar-refractivity contribution is -0.274. The van der Waals surface area contributed by atoms with Gasteiger partial charge in [-0.15, -0.1) is 13.2 Å². The summed E-state index contributed by atoms with van der Waals surface area (Å²) in [6.45, 7) is 0. The van der Waals surface area contributed by atoms with Crippen LogP contribution in [0, 0.1) is 0 Å². The minimum absolute atomic E-state index is 0.0525. The third-order valence-electron chi connectivity index (χ3n) is 2.53. The molecule has 2 nitrogen and oxygen atoms in total. The minimum atomic E-state index is -4.81. The fraction of sp³-hybridized carbons (Fsp3) is 0.0714. The van der Waals surface area contributed by atoms with E-state index in [1.54, 1.807) is 12.1 Å². The molecule has 0 amide bonds. The maximum atomic E-state index is 12.3. The van der Waals surface area contributed by atoms with E-state index in [9.17, 15) is 18.0 Å². The second-order valence-electron chi connectivity index (χ2n) is 4.01. The molecule has 0 aliphatic heterocycles. The molecule has 110 valence electrons. The maximum absolute atomic E-state index is 12.3. The van der Waals surface area contributed by atoms with Crippen molar-refractivity contribution in [3.8, 4) is 5.75 Å². The molecule has 21 heavy (non-hydrogen) atoms. The number of ketones is 1. The second kappa shape index (κ2) is 6.07. The Morgan fingerprint density at radius 1 is 1.14 bits per heavy atom. The van der Waals surface area contributed by atoms with Crippen LogP contribution in [0.25, 0.3) is 0 Å². The van der Waals surface area contributed by atoms with Gasteiger partial charge in [-0.05, 0) is 40.2 Å². The van der Waals surface area contributed by atoms with E-state index in [1.165, 1.54) is 18.2 Å². The number of hydrogen-bond donors (Lipinski definition) is 0. The van der Waals surface area contributed by atoms with Crippen molar-refractivity contribution < 1.29 is 22.7 Å². The van der Waals surface area contributed by atoms with Crippen LogP contribution >= 0.6 is 27.5 Å². The molecule has 0 spiro atoms. The molecule has 0 bridgehead atoms. The summed E-state index contributed by atoms with van der Waals surface area (Å²) in [4.78, 5) is 12.3. The molecule has 0 aliphatic rings. The quantitative estimate of drug-likeness (QED) is 0.683. The molecule has 0 saturated carbocycles. The van der Waals surface area contributed by atoms with E-state index in [1.807, 2.05) is 0 Å². The molecule has 2 aromatic carbocycles. The number of halogens is 5. The summed E-state index contributed by atoms with van der Waals surface area (Å²) in [6.07, 6.45) is -4.81. The third kappa shape index (κ3) is 3.98. The van der Waals surface area contributed by atoms with E-state index < -0.39 is 17.9 Å². The molecule has 0 radical (unpaired) electrons. The molecule has 0 aliphatic carbocycles. The summed E-state index contributed by atoms with van der Waals surface area (Å²) in [6, 6.07) is 9.59. The molecule has 0 atom stereocenters. The van der Waals surface area contributed by atoms with Crippen molar-refractivity contribution >= 4 is 33.3 Å². The average molecular weight is 380 g/mol. The van der Waals surface area contributed by atoms with Gasteiger partial charge in [0.1, 0.15) is 5.75 Å². The van der Waals surface area contributed by atoms with E-state index in [0.717, 1.165) is 12.1 Å². The van der Waals surface area contributed by atoms with Gasteiger partial charge < -0.3 is 4.74 Å². The highest BCUT2D eigenvalue weighted by atomic mass is 79.9. The van der Waals surface area contributed by atoms with Gasteiger partial charge in [0.2, 0.25) is 0 Å². The number of ether oxygens (including phenoxy) is 1. The van der Waals surface area contributed by atoms with E-state index in [2.05, 4.69) is 20.7 Å². The third-order valence-corrected chi connectivity index (χ3v) is 3.82. The van der Waals surface area contributed by atoms with Crippen LogP contribution in [0.5, 0.6) is 5.75 Å². The largest absolute Gasteiger partial charge is 0.573 e. The number of hydrogen-bond acceptors (Lipinski definition) is 2. The normalized spacial score (nSPS) is 11.3. The fourth-order valence-corrected chi connectivity index (χ4v) is 2.25. The molecule has 2 aromatic rings. The highest BCUT2D eigenvalue weighted by Crippen LogP contribution is 2.29. The zero-order valence-corrected chi connectivity index (χ0v) is 12.6. The van der Waals surface area contributed by atoms with Crippen LogP contribution in [0.1, 0.15) is 15.9 Å². The van der Waals surface area contributed by atoms with Crippen molar-refractivity contribution in [1.82, 2.24) is 0 Å². The van der Waals surface area contributed by atoms with Gasteiger partial charge in [-0.25, -0.2) is 0 Å². The number of rotatable bonds is 3. The molecular formula is C14H7BrClF3O2. The van der Waals surface area contributed by atoms with Gasteiger partial charge in [-0.2, -0.15) is 0 Å². The van der Waals surface area contributed by atoms with Crippen LogP contribution in [0.2, 0.25) is 5.02 Å². The number of carbonyl (C=O) groups is 1. The number of alkyl halides is 3. The van der Waals surface area contributed by atoms with Crippen molar-refractivity contribution in [3.63, 3.8) is 0 Å². The first-order chi connectivity index (χ1) is 9.78. The Labute approximate surface area is 131 Å². The molecular weight excluding hydrogens is 373 g/mol. The minimum Gasteiger partial charge on any atom is -0.406 e. The van der Waals surface area contributed by atoms with Crippen molar-refractivity contribution in [2.24, 2.45) is 0 Å².